The van der Waals surface area contributed by atoms with Crippen LogP contribution < -0.4 is 25.7 Å². The molecule has 0 radical (unpaired) electrons. The van der Waals surface area contributed by atoms with Crippen LogP contribution in [0.25, 0.3) is 4.96 Å². The van der Waals surface area contributed by atoms with Crippen molar-refractivity contribution < 1.29 is 19.1 Å². The normalized spacial score (nSPS) is 16.1. The molecule has 0 spiro atoms. The molecule has 0 atom stereocenters. The van der Waals surface area contributed by atoms with Gasteiger partial charge in [0, 0.05) is 62.1 Å². The van der Waals surface area contributed by atoms with E-state index in [1.54, 1.807) is 30.5 Å². The number of thiazole rings is 1. The monoisotopic (exact) mass is 470 g/mol. The molecule has 0 aliphatic carbocycles. The largest absolute Gasteiger partial charge is 0.454 e. The summed E-state index contributed by atoms with van der Waals surface area (Å²) >= 11 is 1.43. The van der Waals surface area contributed by atoms with Gasteiger partial charge in [0.15, 0.2) is 16.5 Å². The highest BCUT2D eigenvalue weighted by Crippen LogP contribution is 2.34. The van der Waals surface area contributed by atoms with Gasteiger partial charge in [0.25, 0.3) is 5.56 Å². The third kappa shape index (κ3) is 4.97. The Bertz CT molecular complexity index is 1250. The molecule has 3 aromatic rings. The summed E-state index contributed by atoms with van der Waals surface area (Å²) in [5.74, 6) is 0.790. The number of piperazine rings is 1. The Morgan fingerprint density at radius 3 is 2.70 bits per heavy atom. The number of nitrogens with one attached hydrogen (secondary N) is 2. The van der Waals surface area contributed by atoms with Crippen molar-refractivity contribution in [3.63, 3.8) is 0 Å². The van der Waals surface area contributed by atoms with Crippen molar-refractivity contribution in [1.82, 2.24) is 24.5 Å². The fourth-order valence-corrected chi connectivity index (χ4v) is 4.55. The van der Waals surface area contributed by atoms with E-state index in [-0.39, 0.29) is 24.8 Å². The quantitative estimate of drug-likeness (QED) is 0.566. The maximum absolute atomic E-state index is 12.3. The van der Waals surface area contributed by atoms with E-state index in [2.05, 4.69) is 20.5 Å². The summed E-state index contributed by atoms with van der Waals surface area (Å²) in [6.07, 6.45) is 1.72. The lowest BCUT2D eigenvalue weighted by molar-refractivity contribution is -0.121. The van der Waals surface area contributed by atoms with E-state index in [1.807, 2.05) is 10.3 Å². The molecule has 1 fully saturated rings. The van der Waals surface area contributed by atoms with Crippen molar-refractivity contribution in [2.45, 2.75) is 6.54 Å². The predicted molar refractivity (Wildman–Crippen MR) is 121 cm³/mol. The highest BCUT2D eigenvalue weighted by molar-refractivity contribution is 7.15. The molecule has 2 N–H and O–H groups in total. The first-order valence-electron chi connectivity index (χ1n) is 10.4. The number of fused-ring (bicyclic) bond motifs is 2. The molecular formula is C21H22N6O5S. The molecule has 0 saturated carbocycles. The zero-order valence-corrected chi connectivity index (χ0v) is 18.5. The number of aromatic nitrogens is 2. The van der Waals surface area contributed by atoms with Crippen LogP contribution in [0, 0.1) is 0 Å². The fourth-order valence-electron chi connectivity index (χ4n) is 3.81. The molecule has 1 aromatic carbocycles. The molecule has 4 heterocycles. The van der Waals surface area contributed by atoms with E-state index in [9.17, 15) is 14.4 Å². The number of carbonyl (C=O) groups is 2. The maximum atomic E-state index is 12.3. The Labute approximate surface area is 192 Å². The number of amides is 3. The van der Waals surface area contributed by atoms with Gasteiger partial charge in [-0.1, -0.05) is 0 Å². The molecule has 33 heavy (non-hydrogen) atoms. The number of imide groups is 1. The van der Waals surface area contributed by atoms with Crippen LogP contribution in [0.5, 0.6) is 11.5 Å². The summed E-state index contributed by atoms with van der Waals surface area (Å²) in [6.45, 7) is 3.69. The van der Waals surface area contributed by atoms with Crippen LogP contribution >= 0.6 is 11.3 Å². The van der Waals surface area contributed by atoms with Gasteiger partial charge in [-0.05, 0) is 12.1 Å². The van der Waals surface area contributed by atoms with Gasteiger partial charge in [-0.25, -0.2) is 9.78 Å². The second kappa shape index (κ2) is 9.17. The van der Waals surface area contributed by atoms with Gasteiger partial charge in [-0.2, -0.15) is 0 Å². The van der Waals surface area contributed by atoms with Crippen LogP contribution in [0.15, 0.2) is 40.6 Å². The number of anilines is 1. The summed E-state index contributed by atoms with van der Waals surface area (Å²) in [4.78, 5) is 46.0. The molecule has 5 rings (SSSR count). The van der Waals surface area contributed by atoms with Crippen LogP contribution in [-0.4, -0.2) is 70.6 Å². The molecule has 12 heteroatoms. The van der Waals surface area contributed by atoms with Crippen LogP contribution in [0.3, 0.4) is 0 Å². The van der Waals surface area contributed by atoms with Crippen molar-refractivity contribution in [1.29, 1.82) is 0 Å². The standard InChI is InChI=1S/C21H22N6O5S/c28-18(24-20(30)22-14-1-2-16-17(9-14)32-13-31-16)12-26-5-3-25(4-6-26)11-15-10-19(29)27-7-8-33-21(27)23-15/h1-2,7-10H,3-6,11-13H2,(H2,22,24,28,30). The second-order valence-corrected chi connectivity index (χ2v) is 8.64. The lowest BCUT2D eigenvalue weighted by atomic mass is 10.2. The zero-order valence-electron chi connectivity index (χ0n) is 17.7. The van der Waals surface area contributed by atoms with Crippen LogP contribution in [-0.2, 0) is 11.3 Å². The maximum Gasteiger partial charge on any atom is 0.325 e. The summed E-state index contributed by atoms with van der Waals surface area (Å²) in [6, 6.07) is 5.99. The average molecular weight is 471 g/mol. The number of hydrogen-bond donors (Lipinski definition) is 2. The smallest absolute Gasteiger partial charge is 0.325 e. The van der Waals surface area contributed by atoms with Gasteiger partial charge in [0.2, 0.25) is 12.7 Å². The lowest BCUT2D eigenvalue weighted by Gasteiger charge is -2.33. The third-order valence-corrected chi connectivity index (χ3v) is 6.21. The Morgan fingerprint density at radius 2 is 1.85 bits per heavy atom. The first-order valence-corrected chi connectivity index (χ1v) is 11.3. The lowest BCUT2D eigenvalue weighted by Crippen LogP contribution is -2.50. The highest BCUT2D eigenvalue weighted by atomic mass is 32.1. The number of ether oxygens (including phenoxy) is 2. The van der Waals surface area contributed by atoms with Gasteiger partial charge in [0.05, 0.1) is 12.2 Å². The number of benzene rings is 1. The van der Waals surface area contributed by atoms with E-state index in [4.69, 9.17) is 9.47 Å². The van der Waals surface area contributed by atoms with E-state index in [1.165, 1.54) is 15.7 Å². The van der Waals surface area contributed by atoms with Gasteiger partial charge >= 0.3 is 6.03 Å². The Balaban J connectivity index is 1.07. The molecule has 3 amide bonds. The second-order valence-electron chi connectivity index (χ2n) is 7.76. The van der Waals surface area contributed by atoms with E-state index in [0.29, 0.717) is 41.8 Å². The van der Waals surface area contributed by atoms with Gasteiger partial charge in [0.1, 0.15) is 0 Å². The van der Waals surface area contributed by atoms with Gasteiger partial charge < -0.3 is 14.8 Å². The van der Waals surface area contributed by atoms with Gasteiger partial charge in [-0.3, -0.25) is 29.1 Å². The van der Waals surface area contributed by atoms with Crippen molar-refractivity contribution >= 4 is 33.9 Å². The summed E-state index contributed by atoms with van der Waals surface area (Å²) < 4.78 is 12.0. The minimum absolute atomic E-state index is 0.0782. The third-order valence-electron chi connectivity index (χ3n) is 5.46. The summed E-state index contributed by atoms with van der Waals surface area (Å²) in [7, 11) is 0. The van der Waals surface area contributed by atoms with Crippen LogP contribution in [0.2, 0.25) is 0 Å². The van der Waals surface area contributed by atoms with E-state index >= 15 is 0 Å². The van der Waals surface area contributed by atoms with E-state index < -0.39 is 6.03 Å². The van der Waals surface area contributed by atoms with Crippen molar-refractivity contribution in [2.75, 3.05) is 44.8 Å². The molecule has 2 aromatic heterocycles. The minimum Gasteiger partial charge on any atom is -0.454 e. The zero-order chi connectivity index (χ0) is 22.8. The van der Waals surface area contributed by atoms with Crippen LogP contribution in [0.1, 0.15) is 5.69 Å². The number of urea groups is 1. The first kappa shape index (κ1) is 21.4. The minimum atomic E-state index is -0.598. The molecule has 172 valence electrons. The predicted octanol–water partition coefficient (Wildman–Crippen LogP) is 0.951. The average Bonchev–Trinajstić information content (AvgIpc) is 3.44. The van der Waals surface area contributed by atoms with Gasteiger partial charge in [-0.15, -0.1) is 11.3 Å². The van der Waals surface area contributed by atoms with Crippen molar-refractivity contribution in [3.8, 4) is 11.5 Å². The topological polar surface area (TPSA) is 118 Å². The number of carbonyl (C=O) groups excluding carboxylic acids is 2. The molecule has 2 aliphatic rings. The molecular weight excluding hydrogens is 448 g/mol. The van der Waals surface area contributed by atoms with Crippen molar-refractivity contribution in [2.24, 2.45) is 0 Å². The number of nitrogens with zero attached hydrogens (tertiary/aromatic N) is 4. The van der Waals surface area contributed by atoms with Crippen LogP contribution in [0.4, 0.5) is 10.5 Å². The first-order chi connectivity index (χ1) is 16.0. The highest BCUT2D eigenvalue weighted by Gasteiger charge is 2.21. The molecule has 0 bridgehead atoms. The molecule has 1 saturated heterocycles. The fraction of sp³-hybridized carbons (Fsp3) is 0.333. The molecule has 11 nitrogen and oxygen atoms in total. The Morgan fingerprint density at radius 1 is 1.06 bits per heavy atom. The SMILES string of the molecule is O=C(CN1CCN(Cc2cc(=O)n3ccsc3n2)CC1)NC(=O)Nc1ccc2c(c1)OCO2. The van der Waals surface area contributed by atoms with E-state index in [0.717, 1.165) is 18.8 Å². The Kier molecular flexibility index (Phi) is 5.94. The summed E-state index contributed by atoms with van der Waals surface area (Å²) in [5.41, 5.74) is 1.17. The van der Waals surface area contributed by atoms with Crippen molar-refractivity contribution in [3.05, 3.63) is 51.9 Å². The molecule has 0 unspecified atom stereocenters. The Hall–Kier alpha value is -3.48. The summed E-state index contributed by atoms with van der Waals surface area (Å²) in [5, 5.41) is 6.82. The molecule has 2 aliphatic heterocycles. The number of rotatable bonds is 5. The number of hydrogen-bond acceptors (Lipinski definition) is 9.